The van der Waals surface area contributed by atoms with Gasteiger partial charge in [0.05, 0.1) is 6.07 Å². The summed E-state index contributed by atoms with van der Waals surface area (Å²) in [6.45, 7) is 0. The molecular weight excluding hydrogens is 246 g/mol. The van der Waals surface area contributed by atoms with Crippen molar-refractivity contribution in [1.29, 1.82) is 5.26 Å². The molecule has 0 bridgehead atoms. The zero-order chi connectivity index (χ0) is 13.9. The number of nitrogens with one attached hydrogen (secondary N) is 2. The zero-order valence-corrected chi connectivity index (χ0v) is 10.7. The lowest BCUT2D eigenvalue weighted by molar-refractivity contribution is -0.139. The molecule has 0 aromatic carbocycles. The summed E-state index contributed by atoms with van der Waals surface area (Å²) in [5.41, 5.74) is -1.00. The van der Waals surface area contributed by atoms with Crippen LogP contribution in [0.2, 0.25) is 0 Å². The van der Waals surface area contributed by atoms with Crippen LogP contribution in [0.1, 0.15) is 44.9 Å². The number of nitriles is 1. The lowest BCUT2D eigenvalue weighted by Crippen LogP contribution is -2.55. The monoisotopic (exact) mass is 263 g/mol. The van der Waals surface area contributed by atoms with Crippen LogP contribution in [0.5, 0.6) is 0 Å². The number of rotatable bonds is 2. The molecule has 2 fully saturated rings. The Bertz CT molecular complexity index is 447. The fraction of sp³-hybridized carbons (Fsp3) is 0.692. The first-order valence-corrected chi connectivity index (χ1v) is 6.63. The van der Waals surface area contributed by atoms with Crippen molar-refractivity contribution in [1.82, 2.24) is 10.6 Å². The lowest BCUT2D eigenvalue weighted by atomic mass is 9.74. The molecule has 1 aliphatic carbocycles. The van der Waals surface area contributed by atoms with Crippen molar-refractivity contribution in [3.63, 3.8) is 0 Å². The lowest BCUT2D eigenvalue weighted by Gasteiger charge is -2.31. The van der Waals surface area contributed by atoms with Gasteiger partial charge in [-0.3, -0.25) is 19.7 Å². The van der Waals surface area contributed by atoms with Gasteiger partial charge >= 0.3 is 0 Å². The molecule has 1 heterocycles. The van der Waals surface area contributed by atoms with E-state index in [9.17, 15) is 19.6 Å². The van der Waals surface area contributed by atoms with Gasteiger partial charge in [0.2, 0.25) is 17.7 Å². The molecular formula is C13H17N3O3. The highest BCUT2D eigenvalue weighted by Crippen LogP contribution is 2.36. The van der Waals surface area contributed by atoms with Crippen molar-refractivity contribution < 1.29 is 14.4 Å². The first-order valence-electron chi connectivity index (χ1n) is 6.63. The van der Waals surface area contributed by atoms with Crippen LogP contribution in [-0.4, -0.2) is 23.8 Å². The number of carbonyl (C=O) groups is 3. The minimum Gasteiger partial charge on any atom is -0.343 e. The number of nitrogens with zero attached hydrogens (tertiary/aromatic N) is 1. The third-order valence-electron chi connectivity index (χ3n) is 3.90. The topological polar surface area (TPSA) is 99.1 Å². The second kappa shape index (κ2) is 5.39. The Labute approximate surface area is 111 Å². The van der Waals surface area contributed by atoms with Gasteiger partial charge in [-0.2, -0.15) is 5.26 Å². The third kappa shape index (κ3) is 2.75. The Morgan fingerprint density at radius 1 is 1.32 bits per heavy atom. The normalized spacial score (nSPS) is 26.2. The fourth-order valence-corrected chi connectivity index (χ4v) is 2.67. The molecule has 0 aromatic heterocycles. The van der Waals surface area contributed by atoms with Crippen molar-refractivity contribution in [2.24, 2.45) is 5.41 Å². The van der Waals surface area contributed by atoms with E-state index in [4.69, 9.17) is 0 Å². The summed E-state index contributed by atoms with van der Waals surface area (Å²) < 4.78 is 0. The van der Waals surface area contributed by atoms with Crippen LogP contribution in [-0.2, 0) is 14.4 Å². The van der Waals surface area contributed by atoms with E-state index in [-0.39, 0.29) is 18.2 Å². The van der Waals surface area contributed by atoms with Crippen molar-refractivity contribution in [2.75, 3.05) is 0 Å². The number of piperidine rings is 1. The van der Waals surface area contributed by atoms with Gasteiger partial charge in [-0.1, -0.05) is 19.3 Å². The quantitative estimate of drug-likeness (QED) is 0.703. The Morgan fingerprint density at radius 2 is 2.00 bits per heavy atom. The van der Waals surface area contributed by atoms with Crippen LogP contribution < -0.4 is 10.6 Å². The molecule has 1 saturated heterocycles. The van der Waals surface area contributed by atoms with E-state index in [1.54, 1.807) is 0 Å². The SMILES string of the molecule is N#CC1(C(=O)NC2CCC(=O)NC2=O)CCCCC1. The van der Waals surface area contributed by atoms with Gasteiger partial charge in [-0.15, -0.1) is 0 Å². The minimum atomic E-state index is -1.00. The second-order valence-corrected chi connectivity index (χ2v) is 5.23. The third-order valence-corrected chi connectivity index (χ3v) is 3.90. The van der Waals surface area contributed by atoms with E-state index in [0.29, 0.717) is 19.3 Å². The summed E-state index contributed by atoms with van der Waals surface area (Å²) in [6.07, 6.45) is 4.36. The van der Waals surface area contributed by atoms with Crippen LogP contribution >= 0.6 is 0 Å². The highest BCUT2D eigenvalue weighted by atomic mass is 16.2. The van der Waals surface area contributed by atoms with Gasteiger partial charge in [0.25, 0.3) is 0 Å². The van der Waals surface area contributed by atoms with Gasteiger partial charge in [-0.05, 0) is 19.3 Å². The van der Waals surface area contributed by atoms with Gasteiger partial charge in [0.15, 0.2) is 0 Å². The van der Waals surface area contributed by atoms with E-state index in [2.05, 4.69) is 16.7 Å². The number of amides is 3. The molecule has 6 heteroatoms. The summed E-state index contributed by atoms with van der Waals surface area (Å²) in [5, 5.41) is 14.1. The number of carbonyl (C=O) groups excluding carboxylic acids is 3. The van der Waals surface area contributed by atoms with Gasteiger partial charge in [0, 0.05) is 6.42 Å². The molecule has 0 aromatic rings. The predicted molar refractivity (Wildman–Crippen MR) is 65.4 cm³/mol. The maximum absolute atomic E-state index is 12.2. The van der Waals surface area contributed by atoms with E-state index < -0.39 is 17.4 Å². The standard InChI is InChI=1S/C13H17N3O3/c14-8-13(6-2-1-3-7-13)12(19)15-9-4-5-10(17)16-11(9)18/h9H,1-7H2,(H,15,19)(H,16,17,18). The van der Waals surface area contributed by atoms with Crippen molar-refractivity contribution in [2.45, 2.75) is 51.0 Å². The minimum absolute atomic E-state index is 0.218. The largest absolute Gasteiger partial charge is 0.343 e. The van der Waals surface area contributed by atoms with Crippen LogP contribution in [0.15, 0.2) is 0 Å². The molecule has 1 unspecified atom stereocenters. The van der Waals surface area contributed by atoms with E-state index in [1.807, 2.05) is 0 Å². The van der Waals surface area contributed by atoms with E-state index in [1.165, 1.54) is 0 Å². The average molecular weight is 263 g/mol. The van der Waals surface area contributed by atoms with Gasteiger partial charge in [-0.25, -0.2) is 0 Å². The van der Waals surface area contributed by atoms with Crippen molar-refractivity contribution in [3.8, 4) is 6.07 Å². The molecule has 2 rings (SSSR count). The maximum atomic E-state index is 12.2. The highest BCUT2D eigenvalue weighted by Gasteiger charge is 2.41. The number of hydrogen-bond donors (Lipinski definition) is 2. The van der Waals surface area contributed by atoms with Crippen LogP contribution in [0.25, 0.3) is 0 Å². The van der Waals surface area contributed by atoms with Crippen molar-refractivity contribution >= 4 is 17.7 Å². The molecule has 19 heavy (non-hydrogen) atoms. The molecule has 3 amide bonds. The van der Waals surface area contributed by atoms with Crippen molar-refractivity contribution in [3.05, 3.63) is 0 Å². The smallest absolute Gasteiger partial charge is 0.249 e. The summed E-state index contributed by atoms with van der Waals surface area (Å²) >= 11 is 0. The molecule has 0 radical (unpaired) electrons. The molecule has 1 aliphatic heterocycles. The molecule has 1 atom stereocenters. The Balaban J connectivity index is 2.02. The molecule has 2 N–H and O–H groups in total. The Hall–Kier alpha value is -1.90. The van der Waals surface area contributed by atoms with Crippen LogP contribution in [0.4, 0.5) is 0 Å². The van der Waals surface area contributed by atoms with Gasteiger partial charge in [0.1, 0.15) is 11.5 Å². The zero-order valence-electron chi connectivity index (χ0n) is 10.7. The number of imide groups is 1. The summed E-state index contributed by atoms with van der Waals surface area (Å²) in [6, 6.07) is 1.42. The molecule has 1 saturated carbocycles. The van der Waals surface area contributed by atoms with E-state index >= 15 is 0 Å². The van der Waals surface area contributed by atoms with Crippen LogP contribution in [0.3, 0.4) is 0 Å². The maximum Gasteiger partial charge on any atom is 0.249 e. The van der Waals surface area contributed by atoms with Gasteiger partial charge < -0.3 is 5.32 Å². The fourth-order valence-electron chi connectivity index (χ4n) is 2.67. The summed E-state index contributed by atoms with van der Waals surface area (Å²) in [5.74, 6) is -1.17. The molecule has 2 aliphatic rings. The Morgan fingerprint density at radius 3 is 2.58 bits per heavy atom. The second-order valence-electron chi connectivity index (χ2n) is 5.23. The first-order chi connectivity index (χ1) is 9.07. The first kappa shape index (κ1) is 13.5. The average Bonchev–Trinajstić information content (AvgIpc) is 2.42. The summed E-state index contributed by atoms with van der Waals surface area (Å²) in [4.78, 5) is 34.9. The summed E-state index contributed by atoms with van der Waals surface area (Å²) in [7, 11) is 0. The molecule has 0 spiro atoms. The molecule has 6 nitrogen and oxygen atoms in total. The number of hydrogen-bond acceptors (Lipinski definition) is 4. The molecule has 102 valence electrons. The van der Waals surface area contributed by atoms with Crippen LogP contribution in [0, 0.1) is 16.7 Å². The Kier molecular flexibility index (Phi) is 3.84. The highest BCUT2D eigenvalue weighted by molar-refractivity contribution is 6.02. The predicted octanol–water partition coefficient (Wildman–Crippen LogP) is 0.382. The van der Waals surface area contributed by atoms with E-state index in [0.717, 1.165) is 19.3 Å².